The van der Waals surface area contributed by atoms with Crippen LogP contribution in [0.2, 0.25) is 0 Å². The van der Waals surface area contributed by atoms with E-state index in [0.29, 0.717) is 6.04 Å². The first-order valence-corrected chi connectivity index (χ1v) is 7.82. The Labute approximate surface area is 106 Å². The molecule has 1 saturated heterocycles. The van der Waals surface area contributed by atoms with E-state index < -0.39 is 0 Å². The van der Waals surface area contributed by atoms with Crippen molar-refractivity contribution in [3.05, 3.63) is 15.6 Å². The lowest BCUT2D eigenvalue weighted by Crippen LogP contribution is -2.26. The molecule has 0 aliphatic carbocycles. The van der Waals surface area contributed by atoms with Gasteiger partial charge in [0.2, 0.25) is 0 Å². The summed E-state index contributed by atoms with van der Waals surface area (Å²) in [6.07, 6.45) is 2.77. The lowest BCUT2D eigenvalue weighted by atomic mass is 10.2. The van der Waals surface area contributed by atoms with Crippen molar-refractivity contribution in [2.24, 2.45) is 0 Å². The first-order valence-electron chi connectivity index (χ1n) is 5.95. The average Bonchev–Trinajstić information content (AvgIpc) is 2.84. The van der Waals surface area contributed by atoms with Crippen molar-refractivity contribution >= 4 is 23.1 Å². The van der Waals surface area contributed by atoms with E-state index >= 15 is 0 Å². The van der Waals surface area contributed by atoms with Gasteiger partial charge in [0, 0.05) is 22.7 Å². The molecule has 1 aromatic heterocycles. The molecule has 2 rings (SSSR count). The third-order valence-electron chi connectivity index (χ3n) is 3.01. The zero-order valence-corrected chi connectivity index (χ0v) is 11.9. The molecule has 16 heavy (non-hydrogen) atoms. The van der Waals surface area contributed by atoms with Crippen molar-refractivity contribution in [3.63, 3.8) is 0 Å². The Morgan fingerprint density at radius 1 is 1.50 bits per heavy atom. The van der Waals surface area contributed by atoms with Crippen LogP contribution in [0.15, 0.2) is 0 Å². The van der Waals surface area contributed by atoms with Gasteiger partial charge in [-0.25, -0.2) is 4.98 Å². The molecular formula is C12H20N2S2. The van der Waals surface area contributed by atoms with Crippen LogP contribution in [0.25, 0.3) is 0 Å². The summed E-state index contributed by atoms with van der Waals surface area (Å²) in [6, 6.07) is 0.451. The molecule has 0 saturated carbocycles. The van der Waals surface area contributed by atoms with E-state index in [1.54, 1.807) is 0 Å². The molecule has 1 aliphatic rings. The van der Waals surface area contributed by atoms with Crippen LogP contribution in [-0.4, -0.2) is 22.5 Å². The fraction of sp³-hybridized carbons (Fsp3) is 0.750. The highest BCUT2D eigenvalue weighted by molar-refractivity contribution is 8.00. The summed E-state index contributed by atoms with van der Waals surface area (Å²) in [6.45, 7) is 7.59. The minimum Gasteiger partial charge on any atom is -0.308 e. The number of aromatic nitrogens is 1. The van der Waals surface area contributed by atoms with Gasteiger partial charge in [-0.15, -0.1) is 11.3 Å². The van der Waals surface area contributed by atoms with Gasteiger partial charge < -0.3 is 5.32 Å². The van der Waals surface area contributed by atoms with Gasteiger partial charge in [-0.05, 0) is 39.4 Å². The molecule has 2 nitrogen and oxygen atoms in total. The van der Waals surface area contributed by atoms with Crippen molar-refractivity contribution in [1.29, 1.82) is 0 Å². The van der Waals surface area contributed by atoms with Crippen molar-refractivity contribution in [3.8, 4) is 0 Å². The largest absolute Gasteiger partial charge is 0.308 e. The fourth-order valence-electron chi connectivity index (χ4n) is 2.16. The topological polar surface area (TPSA) is 24.9 Å². The zero-order valence-electron chi connectivity index (χ0n) is 10.2. The summed E-state index contributed by atoms with van der Waals surface area (Å²) in [4.78, 5) is 5.89. The Kier molecular flexibility index (Phi) is 4.27. The second-order valence-corrected chi connectivity index (χ2v) is 7.09. The lowest BCUT2D eigenvalue weighted by molar-refractivity contribution is 0.563. The first-order chi connectivity index (χ1) is 7.66. The van der Waals surface area contributed by atoms with Crippen LogP contribution in [0.5, 0.6) is 0 Å². The van der Waals surface area contributed by atoms with Crippen LogP contribution >= 0.6 is 23.1 Å². The van der Waals surface area contributed by atoms with Crippen molar-refractivity contribution in [2.75, 3.05) is 12.3 Å². The summed E-state index contributed by atoms with van der Waals surface area (Å²) >= 11 is 3.94. The number of rotatable bonds is 4. The third-order valence-corrected chi connectivity index (χ3v) is 5.66. The highest BCUT2D eigenvalue weighted by Crippen LogP contribution is 2.28. The molecule has 2 unspecified atom stereocenters. The standard InChI is InChI=1S/C12H20N2S2/c1-8(12-9(2)14-10(3)16-12)13-7-11-5-4-6-15-11/h8,11,13H,4-7H2,1-3H3. The van der Waals surface area contributed by atoms with Crippen LogP contribution in [0.1, 0.15) is 41.4 Å². The Morgan fingerprint density at radius 2 is 2.31 bits per heavy atom. The number of thiazole rings is 1. The van der Waals surface area contributed by atoms with Gasteiger partial charge in [-0.3, -0.25) is 0 Å². The predicted octanol–water partition coefficient (Wildman–Crippen LogP) is 3.31. The maximum absolute atomic E-state index is 4.49. The van der Waals surface area contributed by atoms with E-state index in [9.17, 15) is 0 Å². The molecule has 0 aromatic carbocycles. The minimum absolute atomic E-state index is 0.451. The summed E-state index contributed by atoms with van der Waals surface area (Å²) in [5.41, 5.74) is 1.20. The first kappa shape index (κ1) is 12.4. The van der Waals surface area contributed by atoms with Crippen LogP contribution in [0.4, 0.5) is 0 Å². The molecule has 90 valence electrons. The Morgan fingerprint density at radius 3 is 2.88 bits per heavy atom. The van der Waals surface area contributed by atoms with E-state index in [1.807, 2.05) is 11.3 Å². The van der Waals surface area contributed by atoms with Gasteiger partial charge in [-0.2, -0.15) is 11.8 Å². The molecule has 0 radical (unpaired) electrons. The van der Waals surface area contributed by atoms with Crippen molar-refractivity contribution < 1.29 is 0 Å². The number of aryl methyl sites for hydroxylation is 2. The molecule has 2 heterocycles. The monoisotopic (exact) mass is 256 g/mol. The molecule has 4 heteroatoms. The quantitative estimate of drug-likeness (QED) is 0.894. The molecule has 0 amide bonds. The predicted molar refractivity (Wildman–Crippen MR) is 73.5 cm³/mol. The molecule has 0 spiro atoms. The van der Waals surface area contributed by atoms with Gasteiger partial charge in [-0.1, -0.05) is 0 Å². The molecule has 2 atom stereocenters. The van der Waals surface area contributed by atoms with Gasteiger partial charge in [0.25, 0.3) is 0 Å². The lowest BCUT2D eigenvalue weighted by Gasteiger charge is -2.15. The van der Waals surface area contributed by atoms with E-state index in [2.05, 4.69) is 42.8 Å². The molecule has 1 aliphatic heterocycles. The minimum atomic E-state index is 0.451. The third kappa shape index (κ3) is 2.99. The second kappa shape index (κ2) is 5.52. The van der Waals surface area contributed by atoms with Crippen LogP contribution in [-0.2, 0) is 0 Å². The van der Waals surface area contributed by atoms with E-state index in [4.69, 9.17) is 0 Å². The molecule has 1 N–H and O–H groups in total. The highest BCUT2D eigenvalue weighted by atomic mass is 32.2. The smallest absolute Gasteiger partial charge is 0.0900 e. The fourth-order valence-corrected chi connectivity index (χ4v) is 4.32. The molecular weight excluding hydrogens is 236 g/mol. The van der Waals surface area contributed by atoms with E-state index in [1.165, 1.54) is 34.2 Å². The number of hydrogen-bond acceptors (Lipinski definition) is 4. The normalized spacial score (nSPS) is 22.6. The van der Waals surface area contributed by atoms with Crippen molar-refractivity contribution in [1.82, 2.24) is 10.3 Å². The zero-order chi connectivity index (χ0) is 11.5. The van der Waals surface area contributed by atoms with E-state index in [-0.39, 0.29) is 0 Å². The van der Waals surface area contributed by atoms with Gasteiger partial charge in [0.15, 0.2) is 0 Å². The number of nitrogens with zero attached hydrogens (tertiary/aromatic N) is 1. The Balaban J connectivity index is 1.87. The van der Waals surface area contributed by atoms with E-state index in [0.717, 1.165) is 11.8 Å². The molecule has 0 bridgehead atoms. The average molecular weight is 256 g/mol. The summed E-state index contributed by atoms with van der Waals surface area (Å²) in [7, 11) is 0. The van der Waals surface area contributed by atoms with Gasteiger partial charge >= 0.3 is 0 Å². The number of nitrogens with one attached hydrogen (secondary N) is 1. The number of thioether (sulfide) groups is 1. The van der Waals surface area contributed by atoms with Crippen LogP contribution in [0.3, 0.4) is 0 Å². The Hall–Kier alpha value is -0.0600. The van der Waals surface area contributed by atoms with Crippen LogP contribution in [0, 0.1) is 13.8 Å². The van der Waals surface area contributed by atoms with Gasteiger partial charge in [0.1, 0.15) is 0 Å². The summed E-state index contributed by atoms with van der Waals surface area (Å²) < 4.78 is 0. The summed E-state index contributed by atoms with van der Waals surface area (Å²) in [5.74, 6) is 1.35. The van der Waals surface area contributed by atoms with Crippen LogP contribution < -0.4 is 5.32 Å². The second-order valence-electron chi connectivity index (χ2n) is 4.45. The molecule has 1 fully saturated rings. The maximum atomic E-state index is 4.49. The Bertz CT molecular complexity index is 343. The highest BCUT2D eigenvalue weighted by Gasteiger charge is 2.18. The van der Waals surface area contributed by atoms with Crippen molar-refractivity contribution in [2.45, 2.75) is 44.9 Å². The number of hydrogen-bond donors (Lipinski definition) is 1. The maximum Gasteiger partial charge on any atom is 0.0900 e. The SMILES string of the molecule is Cc1nc(C)c(C(C)NCC2CCCS2)s1. The molecule has 1 aromatic rings. The summed E-state index contributed by atoms with van der Waals surface area (Å²) in [5, 5.41) is 5.65. The van der Waals surface area contributed by atoms with Gasteiger partial charge in [0.05, 0.1) is 10.7 Å².